The molecule has 3 rings (SSSR count). The molecule has 2 heterocycles. The summed E-state index contributed by atoms with van der Waals surface area (Å²) in [5.41, 5.74) is 9.13. The Hall–Kier alpha value is -1.65. The van der Waals surface area contributed by atoms with E-state index in [0.717, 1.165) is 12.1 Å². The minimum absolute atomic E-state index is 0.620. The zero-order valence-electron chi connectivity index (χ0n) is 9.34. The summed E-state index contributed by atoms with van der Waals surface area (Å²) in [6, 6.07) is 10.3. The Morgan fingerprint density at radius 1 is 1.29 bits per heavy atom. The van der Waals surface area contributed by atoms with Gasteiger partial charge in [-0.3, -0.25) is 0 Å². The van der Waals surface area contributed by atoms with Crippen LogP contribution in [0.3, 0.4) is 0 Å². The number of thiophene rings is 1. The van der Waals surface area contributed by atoms with Crippen molar-refractivity contribution >= 4 is 22.4 Å². The van der Waals surface area contributed by atoms with E-state index in [1.807, 2.05) is 24.5 Å². The van der Waals surface area contributed by atoms with E-state index in [2.05, 4.69) is 27.1 Å². The lowest BCUT2D eigenvalue weighted by molar-refractivity contribution is 0.826. The lowest BCUT2D eigenvalue weighted by Crippen LogP contribution is -1.97. The van der Waals surface area contributed by atoms with Crippen LogP contribution in [0.5, 0.6) is 0 Å². The first-order chi connectivity index (χ1) is 8.36. The van der Waals surface area contributed by atoms with E-state index in [1.165, 1.54) is 16.0 Å². The van der Waals surface area contributed by atoms with Gasteiger partial charge in [-0.1, -0.05) is 12.1 Å². The Balaban J connectivity index is 1.94. The highest BCUT2D eigenvalue weighted by Gasteiger charge is 2.03. The average molecular weight is 243 g/mol. The van der Waals surface area contributed by atoms with E-state index in [0.29, 0.717) is 6.54 Å². The van der Waals surface area contributed by atoms with Gasteiger partial charge in [-0.2, -0.15) is 0 Å². The molecule has 1 aromatic carbocycles. The molecule has 0 bridgehead atoms. The van der Waals surface area contributed by atoms with Gasteiger partial charge in [0.2, 0.25) is 0 Å². The Labute approximate surface area is 104 Å². The molecule has 3 aromatic rings. The van der Waals surface area contributed by atoms with E-state index < -0.39 is 0 Å². The topological polar surface area (TPSA) is 43.8 Å². The summed E-state index contributed by atoms with van der Waals surface area (Å²) < 4.78 is 2.16. The molecular formula is C13H13N3S. The van der Waals surface area contributed by atoms with Gasteiger partial charge in [0.15, 0.2) is 0 Å². The second kappa shape index (κ2) is 4.31. The maximum Gasteiger partial charge on any atom is 0.0961 e. The highest BCUT2D eigenvalue weighted by Crippen LogP contribution is 2.18. The second-order valence-electron chi connectivity index (χ2n) is 3.99. The number of hydrogen-bond acceptors (Lipinski definition) is 3. The Kier molecular flexibility index (Phi) is 2.66. The Morgan fingerprint density at radius 2 is 2.18 bits per heavy atom. The van der Waals surface area contributed by atoms with Crippen molar-refractivity contribution in [3.05, 3.63) is 52.5 Å². The largest absolute Gasteiger partial charge is 0.326 e. The molecule has 0 unspecified atom stereocenters. The molecule has 0 aliphatic heterocycles. The first kappa shape index (κ1) is 10.5. The molecule has 0 amide bonds. The first-order valence-corrected chi connectivity index (χ1v) is 6.41. The molecule has 86 valence electrons. The zero-order chi connectivity index (χ0) is 11.7. The minimum atomic E-state index is 0.620. The molecule has 0 saturated heterocycles. The number of aromatic nitrogens is 2. The van der Waals surface area contributed by atoms with Crippen molar-refractivity contribution < 1.29 is 0 Å². The molecule has 4 heteroatoms. The van der Waals surface area contributed by atoms with E-state index in [4.69, 9.17) is 5.73 Å². The summed E-state index contributed by atoms with van der Waals surface area (Å²) in [7, 11) is 0. The second-order valence-corrected chi connectivity index (χ2v) is 4.98. The summed E-state index contributed by atoms with van der Waals surface area (Å²) in [4.78, 5) is 5.61. The van der Waals surface area contributed by atoms with Crippen LogP contribution >= 0.6 is 11.3 Å². The molecule has 0 spiro atoms. The van der Waals surface area contributed by atoms with Crippen LogP contribution in [0.15, 0.2) is 42.0 Å². The van der Waals surface area contributed by atoms with Crippen LogP contribution in [-0.4, -0.2) is 9.55 Å². The van der Waals surface area contributed by atoms with Crippen LogP contribution in [0.1, 0.15) is 10.4 Å². The van der Waals surface area contributed by atoms with Gasteiger partial charge in [-0.15, -0.1) is 11.3 Å². The number of imidazole rings is 1. The summed E-state index contributed by atoms with van der Waals surface area (Å²) in [5.74, 6) is 0. The average Bonchev–Trinajstić information content (AvgIpc) is 2.97. The smallest absolute Gasteiger partial charge is 0.0961 e. The fraction of sp³-hybridized carbons (Fsp3) is 0.154. The number of fused-ring (bicyclic) bond motifs is 1. The number of nitrogens with two attached hydrogens (primary N) is 1. The molecule has 2 N–H and O–H groups in total. The minimum Gasteiger partial charge on any atom is -0.326 e. The van der Waals surface area contributed by atoms with Gasteiger partial charge in [0, 0.05) is 18.0 Å². The number of nitrogens with zero attached hydrogens (tertiary/aromatic N) is 2. The molecule has 3 nitrogen and oxygen atoms in total. The van der Waals surface area contributed by atoms with Gasteiger partial charge in [0.1, 0.15) is 0 Å². The molecule has 0 fully saturated rings. The Bertz CT molecular complexity index is 639. The summed E-state index contributed by atoms with van der Waals surface area (Å²) >= 11 is 1.72. The van der Waals surface area contributed by atoms with Gasteiger partial charge in [0.25, 0.3) is 0 Å². The standard InChI is InChI=1S/C13H13N3S/c14-6-11-5-10(8-17-11)7-16-9-15-12-3-1-2-4-13(12)16/h1-5,8-9H,6-7,14H2. The fourth-order valence-electron chi connectivity index (χ4n) is 1.95. The van der Waals surface area contributed by atoms with E-state index in [-0.39, 0.29) is 0 Å². The highest BCUT2D eigenvalue weighted by molar-refractivity contribution is 7.10. The van der Waals surface area contributed by atoms with Gasteiger partial charge >= 0.3 is 0 Å². The van der Waals surface area contributed by atoms with E-state index in [1.54, 1.807) is 11.3 Å². The van der Waals surface area contributed by atoms with Crippen LogP contribution in [0.4, 0.5) is 0 Å². The third-order valence-electron chi connectivity index (χ3n) is 2.79. The monoisotopic (exact) mass is 243 g/mol. The summed E-state index contributed by atoms with van der Waals surface area (Å²) in [5, 5.41) is 2.16. The van der Waals surface area contributed by atoms with Crippen LogP contribution in [0.2, 0.25) is 0 Å². The first-order valence-electron chi connectivity index (χ1n) is 5.53. The lowest BCUT2D eigenvalue weighted by Gasteiger charge is -2.01. The predicted octanol–water partition coefficient (Wildman–Crippen LogP) is 2.60. The SMILES string of the molecule is NCc1cc(Cn2cnc3ccccc32)cs1. The van der Waals surface area contributed by atoms with Gasteiger partial charge in [0.05, 0.1) is 17.4 Å². The van der Waals surface area contributed by atoms with E-state index in [9.17, 15) is 0 Å². The molecule has 0 aliphatic carbocycles. The van der Waals surface area contributed by atoms with Crippen molar-refractivity contribution in [2.45, 2.75) is 13.1 Å². The number of rotatable bonds is 3. The summed E-state index contributed by atoms with van der Waals surface area (Å²) in [6.07, 6.45) is 1.89. The summed E-state index contributed by atoms with van der Waals surface area (Å²) in [6.45, 7) is 1.48. The van der Waals surface area contributed by atoms with Crippen molar-refractivity contribution in [3.8, 4) is 0 Å². The van der Waals surface area contributed by atoms with Gasteiger partial charge in [-0.05, 0) is 29.1 Å². The Morgan fingerprint density at radius 3 is 3.00 bits per heavy atom. The van der Waals surface area contributed by atoms with Crippen LogP contribution in [-0.2, 0) is 13.1 Å². The van der Waals surface area contributed by atoms with Crippen molar-refractivity contribution in [2.75, 3.05) is 0 Å². The molecule has 0 atom stereocenters. The van der Waals surface area contributed by atoms with Gasteiger partial charge in [-0.25, -0.2) is 4.98 Å². The van der Waals surface area contributed by atoms with Crippen molar-refractivity contribution in [3.63, 3.8) is 0 Å². The third-order valence-corrected chi connectivity index (χ3v) is 3.80. The molecule has 2 aromatic heterocycles. The van der Waals surface area contributed by atoms with Crippen molar-refractivity contribution in [2.24, 2.45) is 5.73 Å². The van der Waals surface area contributed by atoms with Crippen molar-refractivity contribution in [1.29, 1.82) is 0 Å². The maximum atomic E-state index is 5.62. The van der Waals surface area contributed by atoms with E-state index >= 15 is 0 Å². The van der Waals surface area contributed by atoms with Crippen LogP contribution in [0.25, 0.3) is 11.0 Å². The van der Waals surface area contributed by atoms with Crippen LogP contribution < -0.4 is 5.73 Å². The molecule has 17 heavy (non-hydrogen) atoms. The quantitative estimate of drug-likeness (QED) is 0.768. The third kappa shape index (κ3) is 1.97. The fourth-order valence-corrected chi connectivity index (χ4v) is 2.71. The van der Waals surface area contributed by atoms with Crippen LogP contribution in [0, 0.1) is 0 Å². The normalized spacial score (nSPS) is 11.1. The predicted molar refractivity (Wildman–Crippen MR) is 71.0 cm³/mol. The molecule has 0 saturated carbocycles. The number of para-hydroxylation sites is 2. The van der Waals surface area contributed by atoms with Crippen molar-refractivity contribution in [1.82, 2.24) is 9.55 Å². The lowest BCUT2D eigenvalue weighted by atomic mass is 10.3. The molecule has 0 aliphatic rings. The maximum absolute atomic E-state index is 5.62. The highest BCUT2D eigenvalue weighted by atomic mass is 32.1. The molecular weight excluding hydrogens is 230 g/mol. The van der Waals surface area contributed by atoms with Gasteiger partial charge < -0.3 is 10.3 Å². The zero-order valence-corrected chi connectivity index (χ0v) is 10.2. The molecule has 0 radical (unpaired) electrons. The number of hydrogen-bond donors (Lipinski definition) is 1. The number of benzene rings is 1.